The Labute approximate surface area is 259 Å². The molecule has 0 saturated carbocycles. The number of hydrogen-bond acceptors (Lipinski definition) is 5. The van der Waals surface area contributed by atoms with Gasteiger partial charge in [-0.25, -0.2) is 9.97 Å². The largest absolute Gasteiger partial charge is 0.573 e. The van der Waals surface area contributed by atoms with Gasteiger partial charge in [-0.05, 0) is 55.4 Å². The van der Waals surface area contributed by atoms with Crippen LogP contribution in [0.25, 0.3) is 0 Å². The van der Waals surface area contributed by atoms with E-state index in [1.165, 1.54) is 29.3 Å². The van der Waals surface area contributed by atoms with Gasteiger partial charge >= 0.3 is 6.36 Å². The lowest BCUT2D eigenvalue weighted by Gasteiger charge is -2.40. The van der Waals surface area contributed by atoms with Crippen LogP contribution in [0.5, 0.6) is 5.75 Å². The van der Waals surface area contributed by atoms with Gasteiger partial charge in [0.25, 0.3) is 0 Å². The lowest BCUT2D eigenvalue weighted by molar-refractivity contribution is -0.274. The third-order valence-corrected chi connectivity index (χ3v) is 7.14. The summed E-state index contributed by atoms with van der Waals surface area (Å²) in [6.07, 6.45) is -4.80. The smallest absolute Gasteiger partial charge is 0.406 e. The minimum atomic E-state index is -4.80. The van der Waals surface area contributed by atoms with Gasteiger partial charge in [0.1, 0.15) is 5.75 Å². The molecule has 228 valence electrons. The standard InChI is InChI=1S/C32H32F3N7OS/c1-22-20-23(2)37-29(36-22)39-30(40-31(44)38-26-14-9-15-27(21-26)43-32(33,34)35)42-18-16-41(17-19-42)28(24-10-5-3-6-11-24)25-12-7-4-8-13-25/h3-15,20-21,28H,16-19H2,1-2H3,(H2,36,37,38,39,40,44). The number of benzene rings is 3. The Morgan fingerprint density at radius 3 is 1.98 bits per heavy atom. The molecule has 5 rings (SSSR count). The Hall–Kier alpha value is -4.55. The van der Waals surface area contributed by atoms with Crippen molar-refractivity contribution in [1.29, 1.82) is 0 Å². The average molecular weight is 620 g/mol. The third-order valence-electron chi connectivity index (χ3n) is 6.94. The molecule has 0 atom stereocenters. The predicted molar refractivity (Wildman–Crippen MR) is 170 cm³/mol. The maximum absolute atomic E-state index is 12.7. The number of aromatic nitrogens is 2. The van der Waals surface area contributed by atoms with Crippen molar-refractivity contribution in [1.82, 2.24) is 19.8 Å². The lowest BCUT2D eigenvalue weighted by atomic mass is 9.96. The highest BCUT2D eigenvalue weighted by molar-refractivity contribution is 7.80. The highest BCUT2D eigenvalue weighted by Crippen LogP contribution is 2.30. The Kier molecular flexibility index (Phi) is 9.71. The number of thiocarbonyl (C=S) groups is 1. The highest BCUT2D eigenvalue weighted by atomic mass is 32.1. The third kappa shape index (κ3) is 8.51. The fourth-order valence-electron chi connectivity index (χ4n) is 5.15. The Morgan fingerprint density at radius 2 is 1.41 bits per heavy atom. The number of piperazine rings is 1. The molecule has 2 heterocycles. The fourth-order valence-corrected chi connectivity index (χ4v) is 5.36. The molecule has 0 bridgehead atoms. The van der Waals surface area contributed by atoms with Crippen molar-refractivity contribution in [3.8, 4) is 5.75 Å². The second-order valence-corrected chi connectivity index (χ2v) is 10.7. The van der Waals surface area contributed by atoms with Crippen LogP contribution in [-0.4, -0.2) is 63.4 Å². The van der Waals surface area contributed by atoms with Crippen molar-refractivity contribution in [3.05, 3.63) is 114 Å². The van der Waals surface area contributed by atoms with Crippen molar-refractivity contribution in [2.24, 2.45) is 4.99 Å². The van der Waals surface area contributed by atoms with E-state index in [1.54, 1.807) is 6.07 Å². The van der Waals surface area contributed by atoms with E-state index >= 15 is 0 Å². The van der Waals surface area contributed by atoms with Crippen molar-refractivity contribution >= 4 is 34.9 Å². The summed E-state index contributed by atoms with van der Waals surface area (Å²) < 4.78 is 42.2. The van der Waals surface area contributed by atoms with Gasteiger partial charge in [0.05, 0.1) is 6.04 Å². The van der Waals surface area contributed by atoms with Gasteiger partial charge in [-0.15, -0.1) is 13.2 Å². The van der Waals surface area contributed by atoms with E-state index in [0.717, 1.165) is 24.5 Å². The van der Waals surface area contributed by atoms with Gasteiger partial charge in [0.15, 0.2) is 0 Å². The molecule has 0 radical (unpaired) electrons. The zero-order valence-corrected chi connectivity index (χ0v) is 25.1. The summed E-state index contributed by atoms with van der Waals surface area (Å²) in [6, 6.07) is 28.2. The molecule has 0 aliphatic carbocycles. The van der Waals surface area contributed by atoms with E-state index < -0.39 is 6.36 Å². The molecule has 0 spiro atoms. The molecular weight excluding hydrogens is 587 g/mol. The quantitative estimate of drug-likeness (QED) is 0.143. The minimum Gasteiger partial charge on any atom is -0.406 e. The fraction of sp³-hybridized carbons (Fsp3) is 0.250. The summed E-state index contributed by atoms with van der Waals surface area (Å²) >= 11 is 5.52. The van der Waals surface area contributed by atoms with E-state index in [-0.39, 0.29) is 16.9 Å². The van der Waals surface area contributed by atoms with Crippen LogP contribution in [0.4, 0.5) is 24.8 Å². The number of anilines is 2. The van der Waals surface area contributed by atoms with Crippen molar-refractivity contribution in [3.63, 3.8) is 0 Å². The maximum atomic E-state index is 12.7. The van der Waals surface area contributed by atoms with Crippen molar-refractivity contribution in [2.75, 3.05) is 36.8 Å². The number of ether oxygens (including phenoxy) is 1. The molecular formula is C32H32F3N7OS. The van der Waals surface area contributed by atoms with Crippen LogP contribution in [0, 0.1) is 13.8 Å². The van der Waals surface area contributed by atoms with Crippen LogP contribution in [0.1, 0.15) is 28.6 Å². The van der Waals surface area contributed by atoms with Crippen LogP contribution in [0.3, 0.4) is 0 Å². The zero-order chi connectivity index (χ0) is 31.1. The van der Waals surface area contributed by atoms with E-state index in [0.29, 0.717) is 30.7 Å². The molecule has 44 heavy (non-hydrogen) atoms. The monoisotopic (exact) mass is 619 g/mol. The number of guanidine groups is 1. The molecule has 1 saturated heterocycles. The Morgan fingerprint density at radius 1 is 0.818 bits per heavy atom. The summed E-state index contributed by atoms with van der Waals surface area (Å²) in [5.74, 6) is 0.447. The molecule has 1 aliphatic rings. The van der Waals surface area contributed by atoms with Gasteiger partial charge in [0.2, 0.25) is 17.0 Å². The topological polar surface area (TPSA) is 77.9 Å². The first kappa shape index (κ1) is 30.9. The number of aliphatic imine (C=N–C) groups is 1. The number of nitrogens with one attached hydrogen (secondary N) is 2. The first-order valence-electron chi connectivity index (χ1n) is 14.1. The van der Waals surface area contributed by atoms with E-state index in [9.17, 15) is 13.2 Å². The number of halogens is 3. The lowest BCUT2D eigenvalue weighted by Crippen LogP contribution is -2.52. The van der Waals surface area contributed by atoms with Gasteiger partial charge in [-0.2, -0.15) is 4.99 Å². The number of aryl methyl sites for hydroxylation is 2. The van der Waals surface area contributed by atoms with E-state index in [2.05, 4.69) is 88.7 Å². The van der Waals surface area contributed by atoms with Gasteiger partial charge < -0.3 is 15.0 Å². The van der Waals surface area contributed by atoms with Gasteiger partial charge in [-0.3, -0.25) is 10.2 Å². The van der Waals surface area contributed by atoms with Crippen LogP contribution < -0.4 is 15.4 Å². The van der Waals surface area contributed by atoms with Crippen molar-refractivity contribution < 1.29 is 17.9 Å². The molecule has 8 nitrogen and oxygen atoms in total. The summed E-state index contributed by atoms with van der Waals surface area (Å²) in [6.45, 7) is 6.49. The zero-order valence-electron chi connectivity index (χ0n) is 24.3. The summed E-state index contributed by atoms with van der Waals surface area (Å²) in [7, 11) is 0. The number of rotatable bonds is 6. The molecule has 0 unspecified atom stereocenters. The van der Waals surface area contributed by atoms with E-state index in [1.807, 2.05) is 32.0 Å². The normalized spacial score (nSPS) is 14.4. The average Bonchev–Trinajstić information content (AvgIpc) is 2.97. The minimum absolute atomic E-state index is 0.0508. The second kappa shape index (κ2) is 13.8. The molecule has 1 aromatic heterocycles. The maximum Gasteiger partial charge on any atom is 0.573 e. The first-order chi connectivity index (χ1) is 21.1. The number of nitrogens with zero attached hydrogens (tertiary/aromatic N) is 5. The summed E-state index contributed by atoms with van der Waals surface area (Å²) in [5.41, 5.74) is 4.32. The first-order valence-corrected chi connectivity index (χ1v) is 14.5. The summed E-state index contributed by atoms with van der Waals surface area (Å²) in [4.78, 5) is 18.1. The van der Waals surface area contributed by atoms with E-state index in [4.69, 9.17) is 12.2 Å². The number of hydrogen-bond donors (Lipinski definition) is 2. The van der Waals surface area contributed by atoms with Crippen LogP contribution in [0.2, 0.25) is 0 Å². The van der Waals surface area contributed by atoms with Crippen LogP contribution in [0.15, 0.2) is 96.0 Å². The highest BCUT2D eigenvalue weighted by Gasteiger charge is 2.31. The molecule has 12 heteroatoms. The van der Waals surface area contributed by atoms with Crippen LogP contribution in [-0.2, 0) is 0 Å². The Balaban J connectivity index is 1.37. The van der Waals surface area contributed by atoms with Crippen LogP contribution >= 0.6 is 12.2 Å². The molecule has 3 aromatic carbocycles. The Bertz CT molecular complexity index is 1530. The predicted octanol–water partition coefficient (Wildman–Crippen LogP) is 6.56. The number of alkyl halides is 3. The SMILES string of the molecule is Cc1cc(C)nc(N/C(=N/C(=S)Nc2cccc(OC(F)(F)F)c2)N2CCN(C(c3ccccc3)c3ccccc3)CC2)n1. The second-order valence-electron chi connectivity index (χ2n) is 10.3. The molecule has 1 fully saturated rings. The molecule has 4 aromatic rings. The summed E-state index contributed by atoms with van der Waals surface area (Å²) in [5, 5.41) is 6.18. The van der Waals surface area contributed by atoms with Crippen molar-refractivity contribution in [2.45, 2.75) is 26.3 Å². The van der Waals surface area contributed by atoms with Gasteiger partial charge in [-0.1, -0.05) is 66.7 Å². The van der Waals surface area contributed by atoms with Gasteiger partial charge in [0, 0.05) is 49.3 Å². The molecule has 0 amide bonds. The molecule has 1 aliphatic heterocycles. The molecule has 2 N–H and O–H groups in total.